The van der Waals surface area contributed by atoms with Crippen LogP contribution in [0, 0.1) is 6.92 Å². The number of likely N-dealkylation sites (tertiary alicyclic amines) is 1. The fraction of sp³-hybridized carbons (Fsp3) is 0.636. The van der Waals surface area contributed by atoms with Gasteiger partial charge in [-0.15, -0.1) is 12.4 Å². The lowest BCUT2D eigenvalue weighted by molar-refractivity contribution is 0.219. The molecule has 1 aromatic rings. The molecule has 0 bridgehead atoms. The number of nitrogens with zero attached hydrogens (tertiary/aromatic N) is 1. The number of aromatic nitrogens is 2. The Morgan fingerprint density at radius 2 is 1.76 bits per heavy atom. The van der Waals surface area contributed by atoms with Crippen LogP contribution in [-0.2, 0) is 6.54 Å². The van der Waals surface area contributed by atoms with Crippen LogP contribution in [0.5, 0.6) is 0 Å². The van der Waals surface area contributed by atoms with Crippen LogP contribution in [0.4, 0.5) is 0 Å². The molecule has 1 fully saturated rings. The molecule has 0 saturated carbocycles. The molecule has 6 heteroatoms. The first-order valence-electron chi connectivity index (χ1n) is 5.71. The number of hydrogen-bond donors (Lipinski definition) is 2. The topological polar surface area (TPSA) is 69.0 Å². The van der Waals surface area contributed by atoms with Crippen molar-refractivity contribution in [2.45, 2.75) is 32.7 Å². The van der Waals surface area contributed by atoms with Gasteiger partial charge < -0.3 is 4.98 Å². The Labute approximate surface area is 106 Å². The van der Waals surface area contributed by atoms with Crippen LogP contribution in [0.25, 0.3) is 0 Å². The summed E-state index contributed by atoms with van der Waals surface area (Å²) in [5, 5.41) is 0. The van der Waals surface area contributed by atoms with E-state index in [2.05, 4.69) is 14.9 Å². The molecule has 0 radical (unpaired) electrons. The van der Waals surface area contributed by atoms with Crippen LogP contribution in [0.15, 0.2) is 9.59 Å². The van der Waals surface area contributed by atoms with Crippen molar-refractivity contribution in [3.05, 3.63) is 32.1 Å². The zero-order valence-electron chi connectivity index (χ0n) is 9.91. The second-order valence-electron chi connectivity index (χ2n) is 4.35. The van der Waals surface area contributed by atoms with E-state index in [4.69, 9.17) is 0 Å². The number of aryl methyl sites for hydroxylation is 1. The van der Waals surface area contributed by atoms with Crippen LogP contribution in [0.2, 0.25) is 0 Å². The van der Waals surface area contributed by atoms with Crippen molar-refractivity contribution >= 4 is 12.4 Å². The van der Waals surface area contributed by atoms with Gasteiger partial charge in [0.15, 0.2) is 0 Å². The number of aromatic amines is 2. The summed E-state index contributed by atoms with van der Waals surface area (Å²) in [6.45, 7) is 4.49. The Hall–Kier alpha value is -1.07. The van der Waals surface area contributed by atoms with Gasteiger partial charge in [-0.1, -0.05) is 6.42 Å². The summed E-state index contributed by atoms with van der Waals surface area (Å²) >= 11 is 0. The lowest BCUT2D eigenvalue weighted by Gasteiger charge is -2.26. The minimum Gasteiger partial charge on any atom is -0.311 e. The maximum absolute atomic E-state index is 11.6. The fourth-order valence-corrected chi connectivity index (χ4v) is 2.16. The van der Waals surface area contributed by atoms with Gasteiger partial charge in [0.25, 0.3) is 5.56 Å². The van der Waals surface area contributed by atoms with Crippen LogP contribution in [-0.4, -0.2) is 28.0 Å². The molecule has 1 saturated heterocycles. The average molecular weight is 260 g/mol. The predicted octanol–water partition coefficient (Wildman–Crippen LogP) is 0.779. The molecule has 0 atom stereocenters. The monoisotopic (exact) mass is 259 g/mol. The zero-order valence-corrected chi connectivity index (χ0v) is 10.7. The van der Waals surface area contributed by atoms with E-state index >= 15 is 0 Å². The number of nitrogens with one attached hydrogen (secondary N) is 2. The van der Waals surface area contributed by atoms with Gasteiger partial charge in [0, 0.05) is 12.2 Å². The van der Waals surface area contributed by atoms with Gasteiger partial charge >= 0.3 is 5.69 Å². The van der Waals surface area contributed by atoms with Gasteiger partial charge in [-0.05, 0) is 32.9 Å². The van der Waals surface area contributed by atoms with Crippen molar-refractivity contribution in [1.29, 1.82) is 0 Å². The number of H-pyrrole nitrogens is 2. The van der Waals surface area contributed by atoms with Gasteiger partial charge in [-0.25, -0.2) is 4.79 Å². The highest BCUT2D eigenvalue weighted by molar-refractivity contribution is 5.85. The first-order chi connectivity index (χ1) is 7.66. The molecule has 0 spiro atoms. The third-order valence-electron chi connectivity index (χ3n) is 3.09. The molecule has 0 unspecified atom stereocenters. The van der Waals surface area contributed by atoms with Gasteiger partial charge in [-0.3, -0.25) is 14.7 Å². The lowest BCUT2D eigenvalue weighted by atomic mass is 10.1. The molecule has 0 aromatic carbocycles. The molecular formula is C11H18ClN3O2. The summed E-state index contributed by atoms with van der Waals surface area (Å²) in [6.07, 6.45) is 3.66. The summed E-state index contributed by atoms with van der Waals surface area (Å²) in [5.41, 5.74) is 0.678. The summed E-state index contributed by atoms with van der Waals surface area (Å²) < 4.78 is 0. The minimum atomic E-state index is -0.426. The van der Waals surface area contributed by atoms with E-state index < -0.39 is 5.69 Å². The van der Waals surface area contributed by atoms with Crippen LogP contribution < -0.4 is 11.2 Å². The second-order valence-corrected chi connectivity index (χ2v) is 4.35. The van der Waals surface area contributed by atoms with E-state index in [0.29, 0.717) is 17.8 Å². The largest absolute Gasteiger partial charge is 0.325 e. The molecule has 1 aliphatic rings. The first kappa shape index (κ1) is 14.0. The Kier molecular flexibility index (Phi) is 4.96. The molecule has 1 aromatic heterocycles. The maximum atomic E-state index is 11.6. The Bertz CT molecular complexity index is 474. The van der Waals surface area contributed by atoms with Crippen molar-refractivity contribution in [3.8, 4) is 0 Å². The van der Waals surface area contributed by atoms with Crippen LogP contribution in [0.1, 0.15) is 30.5 Å². The Balaban J connectivity index is 0.00000144. The molecule has 96 valence electrons. The van der Waals surface area contributed by atoms with E-state index in [1.165, 1.54) is 19.3 Å². The van der Waals surface area contributed by atoms with Crippen molar-refractivity contribution in [1.82, 2.24) is 14.9 Å². The predicted molar refractivity (Wildman–Crippen MR) is 68.8 cm³/mol. The number of rotatable bonds is 2. The number of halogens is 1. The van der Waals surface area contributed by atoms with E-state index in [1.54, 1.807) is 6.92 Å². The summed E-state index contributed by atoms with van der Waals surface area (Å²) in [7, 11) is 0. The van der Waals surface area contributed by atoms with Crippen molar-refractivity contribution < 1.29 is 0 Å². The smallest absolute Gasteiger partial charge is 0.311 e. The zero-order chi connectivity index (χ0) is 11.5. The number of piperidine rings is 1. The lowest BCUT2D eigenvalue weighted by Crippen LogP contribution is -2.34. The SMILES string of the molecule is Cc1[nH]c(=O)[nH]c(=O)c1CN1CCCCC1.Cl. The normalized spacial score (nSPS) is 16.5. The second kappa shape index (κ2) is 6.02. The summed E-state index contributed by atoms with van der Waals surface area (Å²) in [4.78, 5) is 29.8. The number of hydrogen-bond acceptors (Lipinski definition) is 3. The Morgan fingerprint density at radius 1 is 1.12 bits per heavy atom. The first-order valence-corrected chi connectivity index (χ1v) is 5.71. The third-order valence-corrected chi connectivity index (χ3v) is 3.09. The van der Waals surface area contributed by atoms with Crippen LogP contribution in [0.3, 0.4) is 0 Å². The van der Waals surface area contributed by atoms with Gasteiger partial charge in [0.1, 0.15) is 0 Å². The quantitative estimate of drug-likeness (QED) is 0.825. The third kappa shape index (κ3) is 3.44. The van der Waals surface area contributed by atoms with Crippen LogP contribution >= 0.6 is 12.4 Å². The molecule has 2 heterocycles. The molecule has 1 aliphatic heterocycles. The van der Waals surface area contributed by atoms with E-state index in [1.807, 2.05) is 0 Å². The molecule has 17 heavy (non-hydrogen) atoms. The average Bonchev–Trinajstić information content (AvgIpc) is 2.25. The van der Waals surface area contributed by atoms with Gasteiger partial charge in [0.05, 0.1) is 5.56 Å². The van der Waals surface area contributed by atoms with Gasteiger partial charge in [0.2, 0.25) is 0 Å². The Morgan fingerprint density at radius 3 is 2.35 bits per heavy atom. The van der Waals surface area contributed by atoms with E-state index in [-0.39, 0.29) is 18.0 Å². The maximum Gasteiger partial charge on any atom is 0.325 e. The molecule has 5 nitrogen and oxygen atoms in total. The fourth-order valence-electron chi connectivity index (χ4n) is 2.16. The summed E-state index contributed by atoms with van der Waals surface area (Å²) in [6, 6.07) is 0. The highest BCUT2D eigenvalue weighted by Crippen LogP contribution is 2.11. The van der Waals surface area contributed by atoms with Crippen molar-refractivity contribution in [2.75, 3.05) is 13.1 Å². The minimum absolute atomic E-state index is 0. The standard InChI is InChI=1S/C11H17N3O2.ClH/c1-8-9(10(15)13-11(16)12-8)7-14-5-3-2-4-6-14;/h2-7H2,1H3,(H2,12,13,15,16);1H. The summed E-state index contributed by atoms with van der Waals surface area (Å²) in [5.74, 6) is 0. The van der Waals surface area contributed by atoms with Crippen molar-refractivity contribution in [2.24, 2.45) is 0 Å². The molecular weight excluding hydrogens is 242 g/mol. The highest BCUT2D eigenvalue weighted by Gasteiger charge is 2.14. The van der Waals surface area contributed by atoms with Gasteiger partial charge in [-0.2, -0.15) is 0 Å². The highest BCUT2D eigenvalue weighted by atomic mass is 35.5. The molecule has 0 amide bonds. The van der Waals surface area contributed by atoms with E-state index in [9.17, 15) is 9.59 Å². The molecule has 0 aliphatic carbocycles. The van der Waals surface area contributed by atoms with E-state index in [0.717, 1.165) is 13.1 Å². The molecule has 2 rings (SSSR count). The molecule has 2 N–H and O–H groups in total. The van der Waals surface area contributed by atoms with Crippen molar-refractivity contribution in [3.63, 3.8) is 0 Å².